The first-order valence-electron chi connectivity index (χ1n) is 12.2. The quantitative estimate of drug-likeness (QED) is 0.321. The number of carbonyl (C=O) groups is 2. The topological polar surface area (TPSA) is 97.4 Å². The van der Waals surface area contributed by atoms with Gasteiger partial charge in [0, 0.05) is 26.2 Å². The molecule has 0 saturated carbocycles. The van der Waals surface area contributed by atoms with Gasteiger partial charge in [-0.25, -0.2) is 0 Å². The smallest absolute Gasteiger partial charge is 0.293 e. The van der Waals surface area contributed by atoms with Crippen LogP contribution in [0, 0.1) is 22.7 Å². The number of imide groups is 1. The predicted molar refractivity (Wildman–Crippen MR) is 147 cm³/mol. The molecule has 0 radical (unpaired) electrons. The highest BCUT2D eigenvalue weighted by Gasteiger charge is 2.35. The van der Waals surface area contributed by atoms with Crippen molar-refractivity contribution in [2.75, 3.05) is 19.7 Å². The van der Waals surface area contributed by atoms with E-state index in [9.17, 15) is 14.9 Å². The van der Waals surface area contributed by atoms with Crippen LogP contribution in [-0.4, -0.2) is 40.6 Å². The van der Waals surface area contributed by atoms with Crippen LogP contribution in [0.25, 0.3) is 6.08 Å². The maximum atomic E-state index is 13.1. The molecule has 0 unspecified atom stereocenters. The molecule has 0 N–H and O–H groups in total. The average molecular weight is 523 g/mol. The fourth-order valence-corrected chi connectivity index (χ4v) is 4.93. The third-order valence-electron chi connectivity index (χ3n) is 5.95. The van der Waals surface area contributed by atoms with Gasteiger partial charge in [0.15, 0.2) is 0 Å². The summed E-state index contributed by atoms with van der Waals surface area (Å²) in [6, 6.07) is 26.4. The van der Waals surface area contributed by atoms with Crippen LogP contribution >= 0.6 is 11.8 Å². The Bertz CT molecular complexity index is 1420. The van der Waals surface area contributed by atoms with Crippen LogP contribution in [0.2, 0.25) is 0 Å². The number of nitrogens with zero attached hydrogens (tertiary/aromatic N) is 4. The first kappa shape index (κ1) is 26.7. The Balaban J connectivity index is 1.47. The van der Waals surface area contributed by atoms with Crippen LogP contribution < -0.4 is 4.74 Å². The highest BCUT2D eigenvalue weighted by Crippen LogP contribution is 2.32. The summed E-state index contributed by atoms with van der Waals surface area (Å²) in [5, 5.41) is 18.1. The molecule has 3 aromatic rings. The van der Waals surface area contributed by atoms with E-state index in [1.807, 2.05) is 61.5 Å². The molecule has 0 bridgehead atoms. The fourth-order valence-electron chi connectivity index (χ4n) is 4.07. The van der Waals surface area contributed by atoms with E-state index in [-0.39, 0.29) is 17.7 Å². The van der Waals surface area contributed by atoms with E-state index < -0.39 is 0 Å². The molecule has 0 aromatic heterocycles. The van der Waals surface area contributed by atoms with Crippen LogP contribution in [0.15, 0.2) is 77.7 Å². The third kappa shape index (κ3) is 6.89. The van der Waals surface area contributed by atoms with Crippen molar-refractivity contribution in [1.82, 2.24) is 9.80 Å². The van der Waals surface area contributed by atoms with Crippen LogP contribution in [0.5, 0.6) is 5.75 Å². The Morgan fingerprint density at radius 3 is 2.32 bits per heavy atom. The van der Waals surface area contributed by atoms with Crippen molar-refractivity contribution in [1.29, 1.82) is 10.5 Å². The van der Waals surface area contributed by atoms with Gasteiger partial charge in [0.1, 0.15) is 5.75 Å². The molecule has 1 heterocycles. The maximum Gasteiger partial charge on any atom is 0.293 e. The number of rotatable bonds is 10. The molecule has 38 heavy (non-hydrogen) atoms. The lowest BCUT2D eigenvalue weighted by Gasteiger charge is -2.25. The summed E-state index contributed by atoms with van der Waals surface area (Å²) in [7, 11) is 0. The van der Waals surface area contributed by atoms with Crippen LogP contribution in [0.3, 0.4) is 0 Å². The molecule has 8 heteroatoms. The van der Waals surface area contributed by atoms with Gasteiger partial charge in [-0.1, -0.05) is 36.4 Å². The molecule has 3 aromatic carbocycles. The Morgan fingerprint density at radius 1 is 0.921 bits per heavy atom. The van der Waals surface area contributed by atoms with Crippen molar-refractivity contribution in [2.45, 2.75) is 20.0 Å². The zero-order valence-corrected chi connectivity index (χ0v) is 21.8. The predicted octanol–water partition coefficient (Wildman–Crippen LogP) is 5.57. The Labute approximate surface area is 226 Å². The van der Waals surface area contributed by atoms with Crippen molar-refractivity contribution in [2.24, 2.45) is 0 Å². The van der Waals surface area contributed by atoms with Gasteiger partial charge in [-0.3, -0.25) is 19.4 Å². The summed E-state index contributed by atoms with van der Waals surface area (Å²) >= 11 is 0.942. The van der Waals surface area contributed by atoms with E-state index in [1.54, 1.807) is 24.3 Å². The standard InChI is InChI=1S/C30H26N4O3S/c1-2-37-27-12-10-22(11-13-27)17-28-29(35)34(30(36)38-28)15-14-33(20-24-8-6-23(18-31)7-9-24)21-26-5-3-4-25(16-26)19-32/h3-13,16-17H,2,14-15,20-21H2,1H3/b28-17-. The normalized spacial score (nSPS) is 14.1. The van der Waals surface area contributed by atoms with Gasteiger partial charge >= 0.3 is 0 Å². The molecule has 0 spiro atoms. The summed E-state index contributed by atoms with van der Waals surface area (Å²) < 4.78 is 5.46. The SMILES string of the molecule is CCOc1ccc(/C=C2\SC(=O)N(CCN(Cc3ccc(C#N)cc3)Cc3cccc(C#N)c3)C2=O)cc1. The molecule has 0 aliphatic carbocycles. The van der Waals surface area contributed by atoms with E-state index in [2.05, 4.69) is 17.0 Å². The largest absolute Gasteiger partial charge is 0.494 e. The zero-order valence-electron chi connectivity index (χ0n) is 21.0. The van der Waals surface area contributed by atoms with Gasteiger partial charge in [0.2, 0.25) is 0 Å². The minimum Gasteiger partial charge on any atom is -0.494 e. The molecule has 2 amide bonds. The van der Waals surface area contributed by atoms with E-state index in [1.165, 1.54) is 4.90 Å². The molecule has 1 aliphatic heterocycles. The van der Waals surface area contributed by atoms with Crippen molar-refractivity contribution >= 4 is 29.0 Å². The number of benzene rings is 3. The number of hydrogen-bond acceptors (Lipinski definition) is 7. The summed E-state index contributed by atoms with van der Waals surface area (Å²) in [6.07, 6.45) is 1.72. The van der Waals surface area contributed by atoms with Crippen molar-refractivity contribution in [3.63, 3.8) is 0 Å². The molecule has 190 valence electrons. The summed E-state index contributed by atoms with van der Waals surface area (Å²) in [5.74, 6) is 0.444. The first-order chi connectivity index (χ1) is 18.5. The van der Waals surface area contributed by atoms with Gasteiger partial charge < -0.3 is 4.74 Å². The lowest BCUT2D eigenvalue weighted by molar-refractivity contribution is -0.122. The van der Waals surface area contributed by atoms with Crippen molar-refractivity contribution < 1.29 is 14.3 Å². The minimum atomic E-state index is -0.307. The molecule has 7 nitrogen and oxygen atoms in total. The van der Waals surface area contributed by atoms with Gasteiger partial charge in [0.25, 0.3) is 11.1 Å². The molecule has 1 aliphatic rings. The number of nitriles is 2. The van der Waals surface area contributed by atoms with E-state index >= 15 is 0 Å². The molecule has 1 saturated heterocycles. The molecular formula is C30H26N4O3S. The molecular weight excluding hydrogens is 496 g/mol. The summed E-state index contributed by atoms with van der Waals surface area (Å²) in [4.78, 5) is 29.6. The first-order valence-corrected chi connectivity index (χ1v) is 13.0. The number of amides is 2. The number of ether oxygens (including phenoxy) is 1. The maximum absolute atomic E-state index is 13.1. The van der Waals surface area contributed by atoms with E-state index in [4.69, 9.17) is 10.00 Å². The summed E-state index contributed by atoms with van der Waals surface area (Å²) in [5.41, 5.74) is 3.94. The second-order valence-electron chi connectivity index (χ2n) is 8.67. The lowest BCUT2D eigenvalue weighted by atomic mass is 10.1. The monoisotopic (exact) mass is 522 g/mol. The van der Waals surface area contributed by atoms with Gasteiger partial charge in [-0.05, 0) is 77.9 Å². The van der Waals surface area contributed by atoms with Gasteiger partial charge in [-0.15, -0.1) is 0 Å². The fraction of sp³-hybridized carbons (Fsp3) is 0.200. The summed E-state index contributed by atoms with van der Waals surface area (Å²) in [6.45, 7) is 4.27. The van der Waals surface area contributed by atoms with Crippen molar-refractivity contribution in [3.8, 4) is 17.9 Å². The Morgan fingerprint density at radius 2 is 1.63 bits per heavy atom. The number of hydrogen-bond donors (Lipinski definition) is 0. The highest BCUT2D eigenvalue weighted by molar-refractivity contribution is 8.18. The second kappa shape index (κ2) is 12.7. The van der Waals surface area contributed by atoms with E-state index in [0.717, 1.165) is 34.2 Å². The van der Waals surface area contributed by atoms with Crippen LogP contribution in [-0.2, 0) is 17.9 Å². The molecule has 0 atom stereocenters. The van der Waals surface area contributed by atoms with Crippen LogP contribution in [0.4, 0.5) is 4.79 Å². The van der Waals surface area contributed by atoms with E-state index in [0.29, 0.717) is 42.3 Å². The van der Waals surface area contributed by atoms with Gasteiger partial charge in [0.05, 0.1) is 34.8 Å². The third-order valence-corrected chi connectivity index (χ3v) is 6.86. The molecule has 4 rings (SSSR count). The Kier molecular flexibility index (Phi) is 8.94. The van der Waals surface area contributed by atoms with Crippen LogP contribution in [0.1, 0.15) is 34.7 Å². The van der Waals surface area contributed by atoms with Crippen molar-refractivity contribution in [3.05, 3.63) is 106 Å². The lowest BCUT2D eigenvalue weighted by Crippen LogP contribution is -2.37. The van der Waals surface area contributed by atoms with Gasteiger partial charge in [-0.2, -0.15) is 10.5 Å². The zero-order chi connectivity index (χ0) is 26.9. The Hall–Kier alpha value is -4.37. The minimum absolute atomic E-state index is 0.236. The average Bonchev–Trinajstić information content (AvgIpc) is 3.20. The highest BCUT2D eigenvalue weighted by atomic mass is 32.2. The number of carbonyl (C=O) groups excluding carboxylic acids is 2. The number of thioether (sulfide) groups is 1. The second-order valence-corrected chi connectivity index (χ2v) is 9.66. The molecule has 1 fully saturated rings.